The Morgan fingerprint density at radius 2 is 1.78 bits per heavy atom. The minimum Gasteiger partial charge on any atom is -0.374 e. The van der Waals surface area contributed by atoms with E-state index in [2.05, 4.69) is 60.1 Å². The van der Waals surface area contributed by atoms with Crippen molar-refractivity contribution >= 4 is 5.69 Å². The molecule has 0 saturated carbocycles. The quantitative estimate of drug-likeness (QED) is 0.676. The van der Waals surface area contributed by atoms with E-state index in [-0.39, 0.29) is 18.0 Å². The highest BCUT2D eigenvalue weighted by Gasteiger charge is 2.32. The zero-order valence-electron chi connectivity index (χ0n) is 15.8. The molecule has 0 radical (unpaired) electrons. The lowest BCUT2D eigenvalue weighted by Gasteiger charge is -2.41. The van der Waals surface area contributed by atoms with E-state index in [0.29, 0.717) is 0 Å². The van der Waals surface area contributed by atoms with Crippen LogP contribution in [0.25, 0.3) is 11.3 Å². The summed E-state index contributed by atoms with van der Waals surface area (Å²) >= 11 is 0. The summed E-state index contributed by atoms with van der Waals surface area (Å²) in [6.07, 6.45) is 1.12. The normalized spacial score (nSPS) is 20.0. The number of halogens is 1. The molecule has 2 aromatic carbocycles. The highest BCUT2D eigenvalue weighted by atomic mass is 19.1. The van der Waals surface area contributed by atoms with Crippen LogP contribution in [0.4, 0.5) is 10.1 Å². The van der Waals surface area contributed by atoms with Gasteiger partial charge in [0.2, 0.25) is 0 Å². The van der Waals surface area contributed by atoms with Crippen LogP contribution in [-0.2, 0) is 11.2 Å². The smallest absolute Gasteiger partial charge is 0.123 e. The van der Waals surface area contributed by atoms with Crippen molar-refractivity contribution in [2.24, 2.45) is 0 Å². The summed E-state index contributed by atoms with van der Waals surface area (Å²) in [5, 5.41) is 0. The van der Waals surface area contributed by atoms with Crippen LogP contribution in [0.3, 0.4) is 0 Å². The highest BCUT2D eigenvalue weighted by Crippen LogP contribution is 2.34. The lowest BCUT2D eigenvalue weighted by Crippen LogP contribution is -2.44. The molecule has 2 unspecified atom stereocenters. The second kappa shape index (κ2) is 7.57. The Bertz CT molecular complexity index is 886. The topological polar surface area (TPSA) is 28.3 Å². The molecule has 1 aliphatic rings. The molecular weight excluding hydrogens is 339 g/mol. The average Bonchev–Trinajstić information content (AvgIpc) is 3.18. The zero-order valence-corrected chi connectivity index (χ0v) is 15.8. The van der Waals surface area contributed by atoms with Gasteiger partial charge in [-0.1, -0.05) is 19.1 Å². The second-order valence-corrected chi connectivity index (χ2v) is 7.07. The van der Waals surface area contributed by atoms with Crippen molar-refractivity contribution < 1.29 is 9.13 Å². The van der Waals surface area contributed by atoms with Crippen molar-refractivity contribution in [3.63, 3.8) is 0 Å². The van der Waals surface area contributed by atoms with Crippen molar-refractivity contribution in [3.8, 4) is 11.3 Å². The molecule has 2 atom stereocenters. The van der Waals surface area contributed by atoms with Gasteiger partial charge in [0.1, 0.15) is 5.82 Å². The van der Waals surface area contributed by atoms with Crippen LogP contribution in [-0.4, -0.2) is 24.2 Å². The number of hydrogen-bond donors (Lipinski definition) is 1. The van der Waals surface area contributed by atoms with Gasteiger partial charge < -0.3 is 14.6 Å². The van der Waals surface area contributed by atoms with Gasteiger partial charge in [0.15, 0.2) is 0 Å². The standard InChI is InChI=1S/C23H25FN2O/c1-3-17-4-10-20(11-5-17)26-14-15-27-16(2)23(26)22-13-12-21(25-22)18-6-8-19(24)9-7-18/h4-13,16,23,25H,3,14-15H2,1-2H3. The molecule has 1 N–H and O–H groups in total. The van der Waals surface area contributed by atoms with Crippen molar-refractivity contribution in [1.29, 1.82) is 0 Å². The molecule has 1 fully saturated rings. The van der Waals surface area contributed by atoms with E-state index < -0.39 is 0 Å². The fourth-order valence-electron chi connectivity index (χ4n) is 3.84. The predicted octanol–water partition coefficient (Wildman–Crippen LogP) is 5.35. The van der Waals surface area contributed by atoms with E-state index in [1.807, 2.05) is 0 Å². The van der Waals surface area contributed by atoms with E-state index in [1.54, 1.807) is 12.1 Å². The summed E-state index contributed by atoms with van der Waals surface area (Å²) in [5.74, 6) is -0.221. The second-order valence-electron chi connectivity index (χ2n) is 7.07. The Kier molecular flexibility index (Phi) is 4.99. The number of ether oxygens (including phenoxy) is 1. The summed E-state index contributed by atoms with van der Waals surface area (Å²) in [6, 6.07) is 19.7. The number of aryl methyl sites for hydroxylation is 1. The third-order valence-corrected chi connectivity index (χ3v) is 5.35. The van der Waals surface area contributed by atoms with Gasteiger partial charge in [-0.05, 0) is 73.0 Å². The maximum absolute atomic E-state index is 13.2. The lowest BCUT2D eigenvalue weighted by molar-refractivity contribution is 0.0222. The molecule has 0 amide bonds. The third-order valence-electron chi connectivity index (χ3n) is 5.35. The fraction of sp³-hybridized carbons (Fsp3) is 0.304. The first-order valence-electron chi connectivity index (χ1n) is 9.57. The van der Waals surface area contributed by atoms with E-state index in [0.717, 1.165) is 36.5 Å². The first kappa shape index (κ1) is 17.8. The van der Waals surface area contributed by atoms with Crippen LogP contribution >= 0.6 is 0 Å². The molecule has 3 nitrogen and oxygen atoms in total. The lowest BCUT2D eigenvalue weighted by atomic mass is 10.0. The van der Waals surface area contributed by atoms with Gasteiger partial charge in [0, 0.05) is 23.6 Å². The maximum atomic E-state index is 13.2. The molecular formula is C23H25FN2O. The van der Waals surface area contributed by atoms with Crippen LogP contribution in [0, 0.1) is 5.82 Å². The van der Waals surface area contributed by atoms with Crippen LogP contribution < -0.4 is 4.90 Å². The number of nitrogens with one attached hydrogen (secondary N) is 1. The van der Waals surface area contributed by atoms with Crippen molar-refractivity contribution in [2.75, 3.05) is 18.1 Å². The minimum absolute atomic E-state index is 0.0734. The number of rotatable bonds is 4. The van der Waals surface area contributed by atoms with Crippen LogP contribution in [0.5, 0.6) is 0 Å². The fourth-order valence-corrected chi connectivity index (χ4v) is 3.84. The van der Waals surface area contributed by atoms with E-state index in [9.17, 15) is 4.39 Å². The zero-order chi connectivity index (χ0) is 18.8. The molecule has 2 heterocycles. The molecule has 1 aromatic heterocycles. The molecule has 27 heavy (non-hydrogen) atoms. The Morgan fingerprint density at radius 1 is 1.04 bits per heavy atom. The number of hydrogen-bond acceptors (Lipinski definition) is 2. The number of H-pyrrole nitrogens is 1. The Balaban J connectivity index is 1.65. The van der Waals surface area contributed by atoms with Gasteiger partial charge in [-0.25, -0.2) is 4.39 Å². The van der Waals surface area contributed by atoms with Crippen LogP contribution in [0.2, 0.25) is 0 Å². The summed E-state index contributed by atoms with van der Waals surface area (Å²) in [7, 11) is 0. The molecule has 0 aliphatic carbocycles. The average molecular weight is 364 g/mol. The van der Waals surface area contributed by atoms with E-state index in [4.69, 9.17) is 4.74 Å². The molecule has 0 bridgehead atoms. The molecule has 140 valence electrons. The number of nitrogens with zero attached hydrogens (tertiary/aromatic N) is 1. The minimum atomic E-state index is -0.221. The molecule has 1 aliphatic heterocycles. The van der Waals surface area contributed by atoms with Gasteiger partial charge in [-0.15, -0.1) is 0 Å². The van der Waals surface area contributed by atoms with Gasteiger partial charge >= 0.3 is 0 Å². The monoisotopic (exact) mass is 364 g/mol. The number of benzene rings is 2. The summed E-state index contributed by atoms with van der Waals surface area (Å²) in [4.78, 5) is 5.94. The first-order valence-corrected chi connectivity index (χ1v) is 9.57. The molecule has 3 aromatic rings. The van der Waals surface area contributed by atoms with Crippen LogP contribution in [0.15, 0.2) is 60.7 Å². The molecule has 4 rings (SSSR count). The van der Waals surface area contributed by atoms with Crippen molar-refractivity contribution in [2.45, 2.75) is 32.4 Å². The number of aromatic nitrogens is 1. The Morgan fingerprint density at radius 3 is 2.48 bits per heavy atom. The summed E-state index contributed by atoms with van der Waals surface area (Å²) < 4.78 is 19.2. The summed E-state index contributed by atoms with van der Waals surface area (Å²) in [6.45, 7) is 5.87. The molecule has 0 spiro atoms. The number of aromatic amines is 1. The Hall–Kier alpha value is -2.59. The van der Waals surface area contributed by atoms with Crippen molar-refractivity contribution in [3.05, 3.63) is 77.7 Å². The SMILES string of the molecule is CCc1ccc(N2CCOC(C)C2c2ccc(-c3ccc(F)cc3)[nH]2)cc1. The van der Waals surface area contributed by atoms with Gasteiger partial charge in [-0.3, -0.25) is 0 Å². The molecule has 1 saturated heterocycles. The van der Waals surface area contributed by atoms with Crippen molar-refractivity contribution in [1.82, 2.24) is 4.98 Å². The summed E-state index contributed by atoms with van der Waals surface area (Å²) in [5.41, 5.74) is 5.64. The van der Waals surface area contributed by atoms with Gasteiger partial charge in [-0.2, -0.15) is 0 Å². The Labute approximate surface area is 159 Å². The van der Waals surface area contributed by atoms with Crippen LogP contribution in [0.1, 0.15) is 31.1 Å². The number of anilines is 1. The molecule has 4 heteroatoms. The number of morpholine rings is 1. The first-order chi connectivity index (χ1) is 13.2. The highest BCUT2D eigenvalue weighted by molar-refractivity contribution is 5.60. The maximum Gasteiger partial charge on any atom is 0.123 e. The van der Waals surface area contributed by atoms with E-state index >= 15 is 0 Å². The van der Waals surface area contributed by atoms with Gasteiger partial charge in [0.05, 0.1) is 18.8 Å². The third kappa shape index (κ3) is 3.62. The largest absolute Gasteiger partial charge is 0.374 e. The van der Waals surface area contributed by atoms with E-state index in [1.165, 1.54) is 23.4 Å². The van der Waals surface area contributed by atoms with Gasteiger partial charge in [0.25, 0.3) is 0 Å². The predicted molar refractivity (Wildman–Crippen MR) is 108 cm³/mol.